The number of hydrogen-bond donors (Lipinski definition) is 2. The number of nitrogens with one attached hydrogen (secondary N) is 2. The molecule has 1 aliphatic carbocycles. The topological polar surface area (TPSA) is 110 Å². The number of aliphatic imine (C=N–C) groups is 2. The lowest BCUT2D eigenvalue weighted by atomic mass is 10.1. The van der Waals surface area contributed by atoms with E-state index in [1.807, 2.05) is 19.1 Å². The van der Waals surface area contributed by atoms with Gasteiger partial charge < -0.3 is 10.1 Å². The second-order valence-corrected chi connectivity index (χ2v) is 6.89. The number of para-hydroxylation sites is 2. The maximum absolute atomic E-state index is 12.6. The first-order valence-electron chi connectivity index (χ1n) is 9.62. The Hall–Kier alpha value is -3.49. The van der Waals surface area contributed by atoms with Crippen molar-refractivity contribution >= 4 is 35.1 Å². The first kappa shape index (κ1) is 18.9. The van der Waals surface area contributed by atoms with Gasteiger partial charge in [-0.3, -0.25) is 10.1 Å². The number of carbonyl (C=O) groups is 2. The maximum Gasteiger partial charge on any atom is 0.324 e. The van der Waals surface area contributed by atoms with Gasteiger partial charge in [0.15, 0.2) is 0 Å². The van der Waals surface area contributed by atoms with Gasteiger partial charge in [0.05, 0.1) is 23.9 Å². The van der Waals surface area contributed by atoms with Crippen LogP contribution >= 0.6 is 0 Å². The van der Waals surface area contributed by atoms with Gasteiger partial charge in [0, 0.05) is 11.8 Å². The molecule has 3 amide bonds. The number of carbonyl (C=O) groups excluding carboxylic acids is 2. The summed E-state index contributed by atoms with van der Waals surface area (Å²) in [6.45, 7) is 4.16. The van der Waals surface area contributed by atoms with Gasteiger partial charge in [0.2, 0.25) is 0 Å². The van der Waals surface area contributed by atoms with Gasteiger partial charge in [0.25, 0.3) is 11.9 Å². The Morgan fingerprint density at radius 2 is 2.10 bits per heavy atom. The van der Waals surface area contributed by atoms with Crippen LogP contribution < -0.4 is 15.4 Å². The van der Waals surface area contributed by atoms with Crippen molar-refractivity contribution in [3.05, 3.63) is 36.0 Å². The Morgan fingerprint density at radius 1 is 1.28 bits per heavy atom. The molecule has 1 atom stereocenters. The monoisotopic (exact) mass is 394 g/mol. The van der Waals surface area contributed by atoms with E-state index >= 15 is 0 Å². The van der Waals surface area contributed by atoms with E-state index in [0.29, 0.717) is 29.6 Å². The highest BCUT2D eigenvalue weighted by atomic mass is 16.5. The van der Waals surface area contributed by atoms with E-state index in [4.69, 9.17) is 4.74 Å². The normalized spacial score (nSPS) is 18.0. The van der Waals surface area contributed by atoms with E-state index in [-0.39, 0.29) is 17.8 Å². The van der Waals surface area contributed by atoms with Gasteiger partial charge in [0.1, 0.15) is 11.6 Å². The summed E-state index contributed by atoms with van der Waals surface area (Å²) in [5.41, 5.74) is 2.06. The molecule has 150 valence electrons. The first-order valence-corrected chi connectivity index (χ1v) is 9.62. The Bertz CT molecular complexity index is 1020. The van der Waals surface area contributed by atoms with Crippen LogP contribution in [0.4, 0.5) is 16.3 Å². The quantitative estimate of drug-likeness (QED) is 0.829. The van der Waals surface area contributed by atoms with Crippen molar-refractivity contribution in [3.63, 3.8) is 0 Å². The van der Waals surface area contributed by atoms with E-state index in [1.165, 1.54) is 4.68 Å². The molecule has 1 aliphatic heterocycles. The van der Waals surface area contributed by atoms with Crippen LogP contribution in [0.25, 0.3) is 0 Å². The molecule has 9 heteroatoms. The Kier molecular flexibility index (Phi) is 5.11. The minimum Gasteiger partial charge on any atom is -0.492 e. The van der Waals surface area contributed by atoms with Crippen molar-refractivity contribution in [3.8, 4) is 5.75 Å². The van der Waals surface area contributed by atoms with Crippen LogP contribution in [0.5, 0.6) is 5.75 Å². The molecule has 4 rings (SSSR count). The van der Waals surface area contributed by atoms with Crippen molar-refractivity contribution in [1.82, 2.24) is 9.78 Å². The Balaban J connectivity index is 1.55. The fourth-order valence-electron chi connectivity index (χ4n) is 3.51. The number of amides is 3. The van der Waals surface area contributed by atoms with Crippen molar-refractivity contribution in [1.29, 1.82) is 0 Å². The number of fused-ring (bicyclic) bond motifs is 1. The van der Waals surface area contributed by atoms with Gasteiger partial charge >= 0.3 is 6.03 Å². The molecule has 1 aromatic heterocycles. The smallest absolute Gasteiger partial charge is 0.324 e. The zero-order chi connectivity index (χ0) is 20.4. The molecule has 2 heterocycles. The summed E-state index contributed by atoms with van der Waals surface area (Å²) in [4.78, 5) is 33.5. The van der Waals surface area contributed by atoms with Gasteiger partial charge in [-0.05, 0) is 45.2 Å². The highest BCUT2D eigenvalue weighted by Gasteiger charge is 2.33. The number of ether oxygens (including phenoxy) is 1. The van der Waals surface area contributed by atoms with E-state index in [9.17, 15) is 9.59 Å². The van der Waals surface area contributed by atoms with E-state index in [0.717, 1.165) is 25.0 Å². The fourth-order valence-corrected chi connectivity index (χ4v) is 3.51. The van der Waals surface area contributed by atoms with Crippen molar-refractivity contribution in [2.75, 3.05) is 17.2 Å². The maximum atomic E-state index is 12.6. The lowest BCUT2D eigenvalue weighted by Gasteiger charge is -2.16. The van der Waals surface area contributed by atoms with Crippen LogP contribution in [0.2, 0.25) is 0 Å². The molecule has 2 aliphatic rings. The number of nitrogens with zero attached hydrogens (tertiary/aromatic N) is 4. The zero-order valence-electron chi connectivity index (χ0n) is 16.3. The van der Waals surface area contributed by atoms with E-state index in [1.54, 1.807) is 25.1 Å². The van der Waals surface area contributed by atoms with E-state index < -0.39 is 6.03 Å². The molecule has 29 heavy (non-hydrogen) atoms. The number of aryl methyl sites for hydroxylation is 1. The van der Waals surface area contributed by atoms with Gasteiger partial charge in [-0.15, -0.1) is 0 Å². The molecule has 1 aromatic carbocycles. The number of benzene rings is 1. The number of hydrogen-bond acceptors (Lipinski definition) is 5. The Morgan fingerprint density at radius 3 is 2.93 bits per heavy atom. The molecule has 2 N–H and O–H groups in total. The third-order valence-electron chi connectivity index (χ3n) is 4.78. The molecule has 0 saturated heterocycles. The predicted molar refractivity (Wildman–Crippen MR) is 110 cm³/mol. The highest BCUT2D eigenvalue weighted by molar-refractivity contribution is 6.17. The third kappa shape index (κ3) is 3.89. The van der Waals surface area contributed by atoms with Crippen LogP contribution in [0, 0.1) is 12.8 Å². The minimum absolute atomic E-state index is 0.182. The summed E-state index contributed by atoms with van der Waals surface area (Å²) in [5.74, 6) is 0.736. The molecule has 1 saturated carbocycles. The summed E-state index contributed by atoms with van der Waals surface area (Å²) in [6.07, 6.45) is 2.51. The SMILES string of the molecule is CCOc1ccccc1NC(=O)Nc1cc(C)nn1C1=NC(=O)C2CCCC2=N1. The van der Waals surface area contributed by atoms with Gasteiger partial charge in [-0.2, -0.15) is 14.8 Å². The average molecular weight is 394 g/mol. The summed E-state index contributed by atoms with van der Waals surface area (Å²) in [5, 5.41) is 9.87. The minimum atomic E-state index is -0.465. The summed E-state index contributed by atoms with van der Waals surface area (Å²) in [6, 6.07) is 8.41. The second kappa shape index (κ2) is 7.86. The van der Waals surface area contributed by atoms with Crippen LogP contribution in [-0.4, -0.2) is 40.0 Å². The number of rotatable bonds is 4. The largest absolute Gasteiger partial charge is 0.492 e. The average Bonchev–Trinajstić information content (AvgIpc) is 3.30. The molecule has 0 spiro atoms. The van der Waals surface area contributed by atoms with Gasteiger partial charge in [-0.25, -0.2) is 9.79 Å². The van der Waals surface area contributed by atoms with Crippen LogP contribution in [0.1, 0.15) is 31.9 Å². The summed E-state index contributed by atoms with van der Waals surface area (Å²) in [7, 11) is 0. The molecule has 9 nitrogen and oxygen atoms in total. The molecule has 0 bridgehead atoms. The number of aromatic nitrogens is 2. The third-order valence-corrected chi connectivity index (χ3v) is 4.78. The highest BCUT2D eigenvalue weighted by Crippen LogP contribution is 2.28. The van der Waals surface area contributed by atoms with Crippen LogP contribution in [-0.2, 0) is 4.79 Å². The van der Waals surface area contributed by atoms with E-state index in [2.05, 4.69) is 25.7 Å². The number of anilines is 2. The lowest BCUT2D eigenvalue weighted by Crippen LogP contribution is -2.29. The summed E-state index contributed by atoms with van der Waals surface area (Å²) < 4.78 is 6.92. The number of urea groups is 1. The molecule has 2 aromatic rings. The standard InChI is InChI=1S/C20H22N6O3/c1-3-29-16-10-5-4-8-15(16)22-20(28)23-17-11-12(2)25-26(17)19-21-14-9-6-7-13(14)18(27)24-19/h4-5,8,10-11,13H,3,6-7,9H2,1-2H3,(H2,22,23,28). The molecular formula is C20H22N6O3. The molecule has 0 radical (unpaired) electrons. The molecule has 1 unspecified atom stereocenters. The van der Waals surface area contributed by atoms with Crippen molar-refractivity contribution < 1.29 is 14.3 Å². The second-order valence-electron chi connectivity index (χ2n) is 6.89. The summed E-state index contributed by atoms with van der Waals surface area (Å²) >= 11 is 0. The van der Waals surface area contributed by atoms with Gasteiger partial charge in [-0.1, -0.05) is 12.1 Å². The lowest BCUT2D eigenvalue weighted by molar-refractivity contribution is -0.119. The van der Waals surface area contributed by atoms with Crippen LogP contribution in [0.15, 0.2) is 40.3 Å². The van der Waals surface area contributed by atoms with Crippen molar-refractivity contribution in [2.45, 2.75) is 33.1 Å². The molecular weight excluding hydrogens is 372 g/mol. The molecule has 1 fully saturated rings. The Labute approximate surface area is 167 Å². The fraction of sp³-hybridized carbons (Fsp3) is 0.350. The van der Waals surface area contributed by atoms with Crippen LogP contribution in [0.3, 0.4) is 0 Å². The predicted octanol–water partition coefficient (Wildman–Crippen LogP) is 3.22. The first-order chi connectivity index (χ1) is 14.0. The zero-order valence-corrected chi connectivity index (χ0v) is 16.3. The van der Waals surface area contributed by atoms with Crippen molar-refractivity contribution in [2.24, 2.45) is 15.9 Å².